The summed E-state index contributed by atoms with van der Waals surface area (Å²) in [6.07, 6.45) is 7.02. The highest BCUT2D eigenvalue weighted by molar-refractivity contribution is 4.72. The molecule has 72 valence electrons. The van der Waals surface area contributed by atoms with Crippen molar-refractivity contribution in [1.82, 2.24) is 5.32 Å². The molecule has 1 fully saturated rings. The minimum Gasteiger partial charge on any atom is -0.382 e. The number of nitrogens with one attached hydrogen (secondary N) is 1. The molecule has 0 aromatic heterocycles. The summed E-state index contributed by atoms with van der Waals surface area (Å²) < 4.78 is 5.25. The van der Waals surface area contributed by atoms with Gasteiger partial charge in [0, 0.05) is 13.2 Å². The maximum absolute atomic E-state index is 5.25. The molecule has 0 aliphatic carbocycles. The van der Waals surface area contributed by atoms with Crippen LogP contribution in [0.25, 0.3) is 0 Å². The minimum atomic E-state index is 0.403. The molecule has 2 heteroatoms. The molecular formula is C10H21NO. The van der Waals surface area contributed by atoms with E-state index < -0.39 is 0 Å². The Morgan fingerprint density at radius 3 is 3.00 bits per heavy atom. The molecule has 1 N–H and O–H groups in total. The summed E-state index contributed by atoms with van der Waals surface area (Å²) in [5.41, 5.74) is 0. The third kappa shape index (κ3) is 3.55. The van der Waals surface area contributed by atoms with Crippen LogP contribution in [0.5, 0.6) is 0 Å². The van der Waals surface area contributed by atoms with Crippen LogP contribution in [0.2, 0.25) is 0 Å². The first-order chi connectivity index (χ1) is 5.83. The van der Waals surface area contributed by atoms with Gasteiger partial charge in [-0.25, -0.2) is 0 Å². The van der Waals surface area contributed by atoms with Crippen molar-refractivity contribution >= 4 is 0 Å². The zero-order valence-electron chi connectivity index (χ0n) is 8.31. The van der Waals surface area contributed by atoms with E-state index in [4.69, 9.17) is 4.74 Å². The van der Waals surface area contributed by atoms with E-state index in [9.17, 15) is 0 Å². The fourth-order valence-electron chi connectivity index (χ4n) is 1.80. The summed E-state index contributed by atoms with van der Waals surface area (Å²) in [5.74, 6) is 0. The Bertz CT molecular complexity index is 108. The minimum absolute atomic E-state index is 0.403. The normalized spacial score (nSPS) is 28.0. The van der Waals surface area contributed by atoms with Crippen LogP contribution in [-0.2, 0) is 4.74 Å². The third-order valence-corrected chi connectivity index (χ3v) is 2.68. The SMILES string of the molecule is COC(C)CC1CCCCCN1. The molecule has 0 radical (unpaired) electrons. The van der Waals surface area contributed by atoms with Gasteiger partial charge in [-0.1, -0.05) is 12.8 Å². The van der Waals surface area contributed by atoms with Gasteiger partial charge in [-0.05, 0) is 32.7 Å². The summed E-state index contributed by atoms with van der Waals surface area (Å²) in [5, 5.41) is 3.57. The maximum Gasteiger partial charge on any atom is 0.0558 e. The Hall–Kier alpha value is -0.0800. The molecular weight excluding hydrogens is 150 g/mol. The van der Waals surface area contributed by atoms with Crippen LogP contribution in [0.1, 0.15) is 39.0 Å². The molecule has 1 aliphatic rings. The van der Waals surface area contributed by atoms with Crippen molar-refractivity contribution in [2.24, 2.45) is 0 Å². The maximum atomic E-state index is 5.25. The molecule has 0 saturated carbocycles. The van der Waals surface area contributed by atoms with E-state index in [1.165, 1.54) is 32.2 Å². The van der Waals surface area contributed by atoms with Gasteiger partial charge >= 0.3 is 0 Å². The first-order valence-electron chi connectivity index (χ1n) is 5.09. The molecule has 0 spiro atoms. The Kier molecular flexibility index (Phi) is 4.62. The topological polar surface area (TPSA) is 21.3 Å². The van der Waals surface area contributed by atoms with E-state index in [0.29, 0.717) is 12.1 Å². The largest absolute Gasteiger partial charge is 0.382 e. The fourth-order valence-corrected chi connectivity index (χ4v) is 1.80. The second-order valence-electron chi connectivity index (χ2n) is 3.78. The molecule has 1 rings (SSSR count). The van der Waals surface area contributed by atoms with Gasteiger partial charge in [-0.3, -0.25) is 0 Å². The Morgan fingerprint density at radius 1 is 1.42 bits per heavy atom. The highest BCUT2D eigenvalue weighted by Crippen LogP contribution is 2.13. The molecule has 2 nitrogen and oxygen atoms in total. The van der Waals surface area contributed by atoms with Gasteiger partial charge in [-0.15, -0.1) is 0 Å². The summed E-state index contributed by atoms with van der Waals surface area (Å²) in [6.45, 7) is 3.34. The average molecular weight is 171 g/mol. The average Bonchev–Trinajstić information content (AvgIpc) is 2.33. The number of rotatable bonds is 3. The summed E-state index contributed by atoms with van der Waals surface area (Å²) >= 11 is 0. The summed E-state index contributed by atoms with van der Waals surface area (Å²) in [6, 6.07) is 0.697. The Balaban J connectivity index is 2.20. The van der Waals surface area contributed by atoms with E-state index in [2.05, 4.69) is 12.2 Å². The zero-order valence-corrected chi connectivity index (χ0v) is 8.31. The van der Waals surface area contributed by atoms with E-state index in [1.54, 1.807) is 7.11 Å². The lowest BCUT2D eigenvalue weighted by Crippen LogP contribution is -2.31. The van der Waals surface area contributed by atoms with Gasteiger partial charge in [0.25, 0.3) is 0 Å². The fraction of sp³-hybridized carbons (Fsp3) is 1.00. The Morgan fingerprint density at radius 2 is 2.25 bits per heavy atom. The van der Waals surface area contributed by atoms with Gasteiger partial charge < -0.3 is 10.1 Å². The monoisotopic (exact) mass is 171 g/mol. The van der Waals surface area contributed by atoms with Crippen molar-refractivity contribution in [3.05, 3.63) is 0 Å². The molecule has 0 aromatic rings. The van der Waals surface area contributed by atoms with E-state index in [-0.39, 0.29) is 0 Å². The van der Waals surface area contributed by atoms with Gasteiger partial charge in [-0.2, -0.15) is 0 Å². The first-order valence-corrected chi connectivity index (χ1v) is 5.09. The molecule has 2 atom stereocenters. The van der Waals surface area contributed by atoms with Crippen LogP contribution >= 0.6 is 0 Å². The molecule has 1 aliphatic heterocycles. The van der Waals surface area contributed by atoms with Crippen LogP contribution in [0.15, 0.2) is 0 Å². The van der Waals surface area contributed by atoms with Gasteiger partial charge in [0.1, 0.15) is 0 Å². The number of methoxy groups -OCH3 is 1. The first kappa shape index (κ1) is 10.0. The highest BCUT2D eigenvalue weighted by atomic mass is 16.5. The molecule has 12 heavy (non-hydrogen) atoms. The van der Waals surface area contributed by atoms with Crippen molar-refractivity contribution in [2.45, 2.75) is 51.2 Å². The number of hydrogen-bond acceptors (Lipinski definition) is 2. The smallest absolute Gasteiger partial charge is 0.0558 e. The van der Waals surface area contributed by atoms with Crippen molar-refractivity contribution in [3.8, 4) is 0 Å². The molecule has 1 saturated heterocycles. The molecule has 1 heterocycles. The second kappa shape index (κ2) is 5.55. The van der Waals surface area contributed by atoms with Gasteiger partial charge in [0.05, 0.1) is 6.10 Å². The van der Waals surface area contributed by atoms with Crippen molar-refractivity contribution < 1.29 is 4.74 Å². The van der Waals surface area contributed by atoms with E-state index >= 15 is 0 Å². The van der Waals surface area contributed by atoms with Gasteiger partial charge in [0.15, 0.2) is 0 Å². The van der Waals surface area contributed by atoms with Gasteiger partial charge in [0.2, 0.25) is 0 Å². The van der Waals surface area contributed by atoms with Crippen molar-refractivity contribution in [3.63, 3.8) is 0 Å². The molecule has 0 bridgehead atoms. The highest BCUT2D eigenvalue weighted by Gasteiger charge is 2.13. The van der Waals surface area contributed by atoms with Crippen molar-refractivity contribution in [2.75, 3.05) is 13.7 Å². The molecule has 2 unspecified atom stereocenters. The van der Waals surface area contributed by atoms with Crippen LogP contribution in [0, 0.1) is 0 Å². The van der Waals surface area contributed by atoms with Crippen LogP contribution in [0.4, 0.5) is 0 Å². The predicted molar refractivity (Wildman–Crippen MR) is 51.3 cm³/mol. The number of ether oxygens (including phenoxy) is 1. The predicted octanol–water partition coefficient (Wildman–Crippen LogP) is 1.94. The number of hydrogen-bond donors (Lipinski definition) is 1. The quantitative estimate of drug-likeness (QED) is 0.700. The summed E-state index contributed by atoms with van der Waals surface area (Å²) in [7, 11) is 1.79. The van der Waals surface area contributed by atoms with Crippen LogP contribution in [-0.4, -0.2) is 25.8 Å². The van der Waals surface area contributed by atoms with Crippen LogP contribution in [0.3, 0.4) is 0 Å². The van der Waals surface area contributed by atoms with E-state index in [0.717, 1.165) is 6.42 Å². The molecule has 0 aromatic carbocycles. The van der Waals surface area contributed by atoms with E-state index in [1.807, 2.05) is 0 Å². The summed E-state index contributed by atoms with van der Waals surface area (Å²) in [4.78, 5) is 0. The van der Waals surface area contributed by atoms with Crippen LogP contribution < -0.4 is 5.32 Å². The zero-order chi connectivity index (χ0) is 8.81. The molecule has 0 amide bonds. The lowest BCUT2D eigenvalue weighted by molar-refractivity contribution is 0.0999. The Labute approximate surface area is 75.7 Å². The third-order valence-electron chi connectivity index (χ3n) is 2.68. The lowest BCUT2D eigenvalue weighted by Gasteiger charge is -2.19. The second-order valence-corrected chi connectivity index (χ2v) is 3.78. The lowest BCUT2D eigenvalue weighted by atomic mass is 10.1. The van der Waals surface area contributed by atoms with Crippen molar-refractivity contribution in [1.29, 1.82) is 0 Å². The standard InChI is InChI=1S/C10H21NO/c1-9(12-2)8-10-6-4-3-5-7-11-10/h9-11H,3-8H2,1-2H3.